The molecule has 4 amide bonds. The summed E-state index contributed by atoms with van der Waals surface area (Å²) in [6.07, 6.45) is 1.63. The first kappa shape index (κ1) is 18.2. The fourth-order valence-electron chi connectivity index (χ4n) is 3.59. The summed E-state index contributed by atoms with van der Waals surface area (Å²) < 4.78 is 0. The lowest BCUT2D eigenvalue weighted by molar-refractivity contribution is -0.142. The summed E-state index contributed by atoms with van der Waals surface area (Å²) in [6.45, 7) is 5.00. The first-order valence-corrected chi connectivity index (χ1v) is 9.20. The number of amides is 4. The van der Waals surface area contributed by atoms with Gasteiger partial charge in [-0.05, 0) is 25.0 Å². The Morgan fingerprint density at radius 1 is 0.923 bits per heavy atom. The zero-order valence-corrected chi connectivity index (χ0v) is 15.2. The van der Waals surface area contributed by atoms with Crippen LogP contribution in [0.1, 0.15) is 19.8 Å². The summed E-state index contributed by atoms with van der Waals surface area (Å²) in [5, 5.41) is 2.89. The fraction of sp³-hybridized carbons (Fsp3) is 0.526. The zero-order chi connectivity index (χ0) is 18.5. The van der Waals surface area contributed by atoms with Crippen LogP contribution in [0.5, 0.6) is 0 Å². The Balaban J connectivity index is 1.54. The second-order valence-corrected chi connectivity index (χ2v) is 6.91. The Morgan fingerprint density at radius 3 is 2.23 bits per heavy atom. The first-order valence-electron chi connectivity index (χ1n) is 9.20. The number of likely N-dealkylation sites (tertiary alicyclic amines) is 1. The molecule has 2 saturated heterocycles. The molecular weight excluding hydrogens is 332 g/mol. The number of urea groups is 1. The third-order valence-corrected chi connectivity index (χ3v) is 5.12. The molecule has 1 aromatic rings. The molecule has 1 N–H and O–H groups in total. The third-order valence-electron chi connectivity index (χ3n) is 5.12. The minimum atomic E-state index is -0.158. The highest BCUT2D eigenvalue weighted by Crippen LogP contribution is 2.21. The van der Waals surface area contributed by atoms with E-state index in [-0.39, 0.29) is 23.8 Å². The second-order valence-electron chi connectivity index (χ2n) is 6.91. The molecule has 2 heterocycles. The molecule has 7 nitrogen and oxygen atoms in total. The fourth-order valence-corrected chi connectivity index (χ4v) is 3.59. The van der Waals surface area contributed by atoms with E-state index in [9.17, 15) is 14.4 Å². The van der Waals surface area contributed by atoms with Gasteiger partial charge in [0.1, 0.15) is 0 Å². The van der Waals surface area contributed by atoms with E-state index in [1.54, 1.807) is 16.7 Å². The molecule has 0 spiro atoms. The van der Waals surface area contributed by atoms with Crippen molar-refractivity contribution < 1.29 is 14.4 Å². The van der Waals surface area contributed by atoms with Crippen LogP contribution in [0.3, 0.4) is 0 Å². The lowest BCUT2D eigenvalue weighted by atomic mass is 9.96. The minimum absolute atomic E-state index is 0.0542. The average molecular weight is 358 g/mol. The number of anilines is 1. The Morgan fingerprint density at radius 2 is 1.58 bits per heavy atom. The van der Waals surface area contributed by atoms with Crippen molar-refractivity contribution in [3.8, 4) is 0 Å². The molecule has 7 heteroatoms. The number of nitrogens with zero attached hydrogens (tertiary/aromatic N) is 3. The molecule has 2 aliphatic rings. The van der Waals surface area contributed by atoms with Crippen LogP contribution in [0.4, 0.5) is 10.5 Å². The summed E-state index contributed by atoms with van der Waals surface area (Å²) >= 11 is 0. The number of piperazine rings is 1. The molecule has 0 aromatic heterocycles. The Labute approximate surface area is 153 Å². The molecule has 1 unspecified atom stereocenters. The summed E-state index contributed by atoms with van der Waals surface area (Å²) in [5.41, 5.74) is 0.756. The van der Waals surface area contributed by atoms with Gasteiger partial charge in [-0.25, -0.2) is 4.79 Å². The van der Waals surface area contributed by atoms with Gasteiger partial charge in [-0.2, -0.15) is 0 Å². The molecule has 0 bridgehead atoms. The molecule has 0 radical (unpaired) electrons. The van der Waals surface area contributed by atoms with Gasteiger partial charge in [0.25, 0.3) is 0 Å². The van der Waals surface area contributed by atoms with Crippen molar-refractivity contribution in [2.75, 3.05) is 44.6 Å². The van der Waals surface area contributed by atoms with Crippen molar-refractivity contribution in [1.29, 1.82) is 0 Å². The average Bonchev–Trinajstić information content (AvgIpc) is 2.68. The largest absolute Gasteiger partial charge is 0.339 e. The Hall–Kier alpha value is -2.57. The lowest BCUT2D eigenvalue weighted by Gasteiger charge is -2.38. The number of carbonyl (C=O) groups is 3. The van der Waals surface area contributed by atoms with Gasteiger partial charge in [-0.1, -0.05) is 18.2 Å². The van der Waals surface area contributed by atoms with E-state index in [4.69, 9.17) is 0 Å². The molecular formula is C19H26N4O3. The molecule has 3 rings (SSSR count). The van der Waals surface area contributed by atoms with E-state index in [2.05, 4.69) is 5.32 Å². The molecule has 0 saturated carbocycles. The lowest BCUT2D eigenvalue weighted by Crippen LogP contribution is -2.54. The molecule has 2 aliphatic heterocycles. The number of nitrogens with one attached hydrogen (secondary N) is 1. The van der Waals surface area contributed by atoms with Crippen LogP contribution in [-0.2, 0) is 9.59 Å². The predicted octanol–water partition coefficient (Wildman–Crippen LogP) is 1.62. The monoisotopic (exact) mass is 358 g/mol. The second kappa shape index (κ2) is 8.21. The van der Waals surface area contributed by atoms with Gasteiger partial charge in [0.2, 0.25) is 11.8 Å². The van der Waals surface area contributed by atoms with Gasteiger partial charge < -0.3 is 20.0 Å². The number of hydrogen-bond donors (Lipinski definition) is 1. The van der Waals surface area contributed by atoms with Crippen LogP contribution in [0.15, 0.2) is 30.3 Å². The zero-order valence-electron chi connectivity index (χ0n) is 15.2. The smallest absolute Gasteiger partial charge is 0.321 e. The van der Waals surface area contributed by atoms with Crippen LogP contribution in [-0.4, -0.2) is 71.8 Å². The maximum absolute atomic E-state index is 12.8. The molecule has 140 valence electrons. The standard InChI is InChI=1S/C19H26N4O3/c1-15(24)21-10-12-22(13-11-21)18(25)16-6-5-9-23(14-16)19(26)20-17-7-3-2-4-8-17/h2-4,7-8,16H,5-6,9-14H2,1H3,(H,20,26). The number of benzene rings is 1. The van der Waals surface area contributed by atoms with E-state index < -0.39 is 0 Å². The van der Waals surface area contributed by atoms with Gasteiger partial charge in [0.15, 0.2) is 0 Å². The van der Waals surface area contributed by atoms with Crippen molar-refractivity contribution in [2.24, 2.45) is 5.92 Å². The highest BCUT2D eigenvalue weighted by Gasteiger charge is 2.32. The molecule has 2 fully saturated rings. The summed E-state index contributed by atoms with van der Waals surface area (Å²) in [6, 6.07) is 9.18. The van der Waals surface area contributed by atoms with Crippen molar-refractivity contribution in [3.05, 3.63) is 30.3 Å². The van der Waals surface area contributed by atoms with Crippen molar-refractivity contribution in [3.63, 3.8) is 0 Å². The summed E-state index contributed by atoms with van der Waals surface area (Å²) in [4.78, 5) is 42.0. The maximum atomic E-state index is 12.8. The number of piperidine rings is 1. The normalized spacial score (nSPS) is 20.7. The van der Waals surface area contributed by atoms with Crippen LogP contribution in [0, 0.1) is 5.92 Å². The predicted molar refractivity (Wildman–Crippen MR) is 98.6 cm³/mol. The quantitative estimate of drug-likeness (QED) is 0.873. The topological polar surface area (TPSA) is 73.0 Å². The van der Waals surface area contributed by atoms with E-state index in [0.717, 1.165) is 18.5 Å². The van der Waals surface area contributed by atoms with E-state index in [0.29, 0.717) is 39.3 Å². The van der Waals surface area contributed by atoms with Crippen molar-refractivity contribution in [1.82, 2.24) is 14.7 Å². The number of hydrogen-bond acceptors (Lipinski definition) is 3. The van der Waals surface area contributed by atoms with E-state index in [1.165, 1.54) is 0 Å². The van der Waals surface area contributed by atoms with E-state index >= 15 is 0 Å². The van der Waals surface area contributed by atoms with Crippen LogP contribution < -0.4 is 5.32 Å². The molecule has 0 aliphatic carbocycles. The molecule has 1 atom stereocenters. The Bertz CT molecular complexity index is 656. The number of carbonyl (C=O) groups excluding carboxylic acids is 3. The minimum Gasteiger partial charge on any atom is -0.339 e. The SMILES string of the molecule is CC(=O)N1CCN(C(=O)C2CCCN(C(=O)Nc3ccccc3)C2)CC1. The molecule has 26 heavy (non-hydrogen) atoms. The number of rotatable bonds is 2. The van der Waals surface area contributed by atoms with Gasteiger partial charge in [0, 0.05) is 51.9 Å². The van der Waals surface area contributed by atoms with Crippen LogP contribution >= 0.6 is 0 Å². The van der Waals surface area contributed by atoms with Gasteiger partial charge in [-0.15, -0.1) is 0 Å². The van der Waals surface area contributed by atoms with Gasteiger partial charge in [-0.3, -0.25) is 9.59 Å². The summed E-state index contributed by atoms with van der Waals surface area (Å²) in [5.74, 6) is -0.00177. The number of para-hydroxylation sites is 1. The van der Waals surface area contributed by atoms with E-state index in [1.807, 2.05) is 35.2 Å². The summed E-state index contributed by atoms with van der Waals surface area (Å²) in [7, 11) is 0. The van der Waals surface area contributed by atoms with Crippen molar-refractivity contribution >= 4 is 23.5 Å². The van der Waals surface area contributed by atoms with Gasteiger partial charge in [0.05, 0.1) is 5.92 Å². The first-order chi connectivity index (χ1) is 12.5. The highest BCUT2D eigenvalue weighted by molar-refractivity contribution is 5.90. The van der Waals surface area contributed by atoms with Gasteiger partial charge >= 0.3 is 6.03 Å². The van der Waals surface area contributed by atoms with Crippen molar-refractivity contribution in [2.45, 2.75) is 19.8 Å². The third kappa shape index (κ3) is 4.33. The highest BCUT2D eigenvalue weighted by atomic mass is 16.2. The maximum Gasteiger partial charge on any atom is 0.321 e. The Kier molecular flexibility index (Phi) is 5.75. The molecule has 1 aromatic carbocycles. The van der Waals surface area contributed by atoms with Crippen LogP contribution in [0.25, 0.3) is 0 Å². The van der Waals surface area contributed by atoms with Crippen LogP contribution in [0.2, 0.25) is 0 Å².